The van der Waals surface area contributed by atoms with E-state index in [1.807, 2.05) is 0 Å². The molecule has 0 saturated carbocycles. The van der Waals surface area contributed by atoms with E-state index in [9.17, 15) is 26.4 Å². The number of hydrogen-bond donors (Lipinski definition) is 1. The van der Waals surface area contributed by atoms with Crippen LogP contribution in [-0.4, -0.2) is 51.7 Å². The van der Waals surface area contributed by atoms with Gasteiger partial charge in [-0.3, -0.25) is 4.31 Å². The molecule has 3 saturated heterocycles. The molecule has 0 aromatic heterocycles. The van der Waals surface area contributed by atoms with Gasteiger partial charge in [0.1, 0.15) is 5.25 Å². The van der Waals surface area contributed by atoms with Crippen LogP contribution in [0.15, 0.2) is 18.2 Å². The van der Waals surface area contributed by atoms with Crippen molar-refractivity contribution in [3.05, 3.63) is 29.3 Å². The first-order chi connectivity index (χ1) is 13.6. The van der Waals surface area contributed by atoms with Crippen LogP contribution in [0.5, 0.6) is 0 Å². The first-order valence-electron chi connectivity index (χ1n) is 8.70. The van der Waals surface area contributed by atoms with E-state index in [4.69, 9.17) is 10.00 Å². The average Bonchev–Trinajstić information content (AvgIpc) is 3.30. The second-order valence-electron chi connectivity index (χ2n) is 7.16. The van der Waals surface area contributed by atoms with E-state index in [2.05, 4.69) is 10.1 Å². The molecule has 3 aliphatic rings. The maximum absolute atomic E-state index is 13.3. The molecule has 12 heteroatoms. The van der Waals surface area contributed by atoms with E-state index in [1.165, 1.54) is 19.2 Å². The van der Waals surface area contributed by atoms with Crippen LogP contribution in [0.1, 0.15) is 17.5 Å². The number of nitrogens with zero attached hydrogens (tertiary/aromatic N) is 2. The van der Waals surface area contributed by atoms with Gasteiger partial charge in [-0.15, -0.1) is 0 Å². The van der Waals surface area contributed by atoms with Gasteiger partial charge in [-0.2, -0.15) is 18.4 Å². The fraction of sp³-hybridized carbons (Fsp3) is 0.529. The number of sulfonamides is 1. The minimum Gasteiger partial charge on any atom is -0.453 e. The van der Waals surface area contributed by atoms with Crippen molar-refractivity contribution in [2.75, 3.05) is 18.0 Å². The maximum Gasteiger partial charge on any atom is 0.417 e. The minimum absolute atomic E-state index is 0.0255. The first-order valence-corrected chi connectivity index (χ1v) is 10.2. The highest BCUT2D eigenvalue weighted by atomic mass is 32.2. The summed E-state index contributed by atoms with van der Waals surface area (Å²) in [4.78, 5) is 11.5. The molecule has 1 aromatic rings. The number of nitrogens with one attached hydrogen (secondary N) is 1. The first kappa shape index (κ1) is 19.8. The Hall–Kier alpha value is -2.52. The van der Waals surface area contributed by atoms with Crippen LogP contribution >= 0.6 is 0 Å². The SMILES string of the molecule is COC(=O)N[C@H]1C[C@@H]2O[C@H]1[C@@H]1[C@H]2CN(c2ccc(C#N)c(C(F)(F)F)c2)S1(=O)=O. The van der Waals surface area contributed by atoms with Crippen molar-refractivity contribution in [1.82, 2.24) is 5.32 Å². The van der Waals surface area contributed by atoms with Crippen molar-refractivity contribution in [1.29, 1.82) is 5.26 Å². The van der Waals surface area contributed by atoms with E-state index in [0.717, 1.165) is 10.4 Å². The van der Waals surface area contributed by atoms with Crippen LogP contribution in [0.3, 0.4) is 0 Å². The van der Waals surface area contributed by atoms with Gasteiger partial charge in [0.25, 0.3) is 0 Å². The zero-order valence-electron chi connectivity index (χ0n) is 15.0. The van der Waals surface area contributed by atoms with E-state index < -0.39 is 62.8 Å². The van der Waals surface area contributed by atoms with E-state index in [-0.39, 0.29) is 12.2 Å². The lowest BCUT2D eigenvalue weighted by Gasteiger charge is -2.26. The van der Waals surface area contributed by atoms with Crippen LogP contribution in [0.25, 0.3) is 0 Å². The van der Waals surface area contributed by atoms with Gasteiger partial charge in [0.05, 0.1) is 48.2 Å². The number of ether oxygens (including phenoxy) is 2. The number of anilines is 1. The standard InChI is InChI=1S/C17H16F3N3O5S/c1-27-16(24)22-12-5-13-10-7-23(29(25,26)15(10)14(12)28-13)9-3-2-8(6-21)11(4-9)17(18,19)20/h2-4,10,12-15H,5,7H2,1H3,(H,22,24)/t10-,12-,13-,14+,15-/m0/s1. The van der Waals surface area contributed by atoms with Gasteiger partial charge in [-0.25, -0.2) is 13.2 Å². The number of nitriles is 1. The molecule has 8 nitrogen and oxygen atoms in total. The Bertz CT molecular complexity index is 1010. The summed E-state index contributed by atoms with van der Waals surface area (Å²) >= 11 is 0. The maximum atomic E-state index is 13.3. The molecule has 3 fully saturated rings. The quantitative estimate of drug-likeness (QED) is 0.762. The van der Waals surface area contributed by atoms with Gasteiger partial charge in [0.15, 0.2) is 0 Å². The highest BCUT2D eigenvalue weighted by molar-refractivity contribution is 7.93. The summed E-state index contributed by atoms with van der Waals surface area (Å²) in [5.41, 5.74) is -1.92. The fourth-order valence-electron chi connectivity index (χ4n) is 4.45. The molecule has 4 rings (SSSR count). The Morgan fingerprint density at radius 2 is 2.14 bits per heavy atom. The van der Waals surface area contributed by atoms with Crippen molar-refractivity contribution < 1.29 is 35.9 Å². The second-order valence-corrected chi connectivity index (χ2v) is 9.18. The number of alkyl halides is 3. The summed E-state index contributed by atoms with van der Waals surface area (Å²) in [5.74, 6) is -0.425. The Labute approximate surface area is 164 Å². The Morgan fingerprint density at radius 1 is 1.41 bits per heavy atom. The molecule has 156 valence electrons. The summed E-state index contributed by atoms with van der Waals surface area (Å²) < 4.78 is 77.3. The number of carbonyl (C=O) groups is 1. The van der Waals surface area contributed by atoms with Crippen LogP contribution in [-0.2, 0) is 25.7 Å². The normalized spacial score (nSPS) is 32.0. The molecule has 29 heavy (non-hydrogen) atoms. The smallest absolute Gasteiger partial charge is 0.417 e. The van der Waals surface area contributed by atoms with Crippen molar-refractivity contribution in [3.8, 4) is 6.07 Å². The Balaban J connectivity index is 1.67. The van der Waals surface area contributed by atoms with Crippen molar-refractivity contribution in [2.24, 2.45) is 5.92 Å². The lowest BCUT2D eigenvalue weighted by atomic mass is 9.85. The molecular formula is C17H16F3N3O5S. The third kappa shape index (κ3) is 3.00. The molecule has 0 unspecified atom stereocenters. The molecule has 1 aromatic carbocycles. The van der Waals surface area contributed by atoms with E-state index in [0.29, 0.717) is 12.5 Å². The van der Waals surface area contributed by atoms with Gasteiger partial charge >= 0.3 is 12.3 Å². The summed E-state index contributed by atoms with van der Waals surface area (Å²) in [6.45, 7) is -0.0255. The number of halogens is 3. The summed E-state index contributed by atoms with van der Waals surface area (Å²) in [7, 11) is -2.86. The number of amides is 1. The Morgan fingerprint density at radius 3 is 2.76 bits per heavy atom. The minimum atomic E-state index is -4.79. The summed E-state index contributed by atoms with van der Waals surface area (Å²) in [6.07, 6.45) is -6.35. The lowest BCUT2D eigenvalue weighted by molar-refractivity contribution is -0.137. The van der Waals surface area contributed by atoms with Crippen molar-refractivity contribution >= 4 is 21.8 Å². The predicted octanol–water partition coefficient (Wildman–Crippen LogP) is 1.61. The lowest BCUT2D eigenvalue weighted by Crippen LogP contribution is -2.50. The molecule has 3 aliphatic heterocycles. The van der Waals surface area contributed by atoms with Gasteiger partial charge in [0, 0.05) is 12.5 Å². The number of fused-ring (bicyclic) bond motifs is 5. The molecule has 0 radical (unpaired) electrons. The second kappa shape index (κ2) is 6.50. The molecule has 1 amide bonds. The highest BCUT2D eigenvalue weighted by Gasteiger charge is 2.64. The molecule has 0 spiro atoms. The largest absolute Gasteiger partial charge is 0.453 e. The van der Waals surface area contributed by atoms with Gasteiger partial charge in [-0.05, 0) is 24.6 Å². The van der Waals surface area contributed by atoms with Gasteiger partial charge < -0.3 is 14.8 Å². The van der Waals surface area contributed by atoms with Gasteiger partial charge in [0.2, 0.25) is 10.0 Å². The number of benzene rings is 1. The van der Waals surface area contributed by atoms with Crippen LogP contribution in [0, 0.1) is 17.2 Å². The number of alkyl carbamates (subject to hydrolysis) is 1. The van der Waals surface area contributed by atoms with Gasteiger partial charge in [-0.1, -0.05) is 0 Å². The van der Waals surface area contributed by atoms with E-state index in [1.54, 1.807) is 0 Å². The molecule has 2 bridgehead atoms. The predicted molar refractivity (Wildman–Crippen MR) is 92.3 cm³/mol. The number of methoxy groups -OCH3 is 1. The fourth-order valence-corrected chi connectivity index (χ4v) is 6.83. The monoisotopic (exact) mass is 431 g/mol. The third-order valence-electron chi connectivity index (χ3n) is 5.67. The van der Waals surface area contributed by atoms with Crippen LogP contribution < -0.4 is 9.62 Å². The third-order valence-corrected chi connectivity index (χ3v) is 7.95. The Kier molecular flexibility index (Phi) is 4.43. The molecular weight excluding hydrogens is 415 g/mol. The molecule has 1 N–H and O–H groups in total. The zero-order chi connectivity index (χ0) is 21.1. The molecule has 3 heterocycles. The average molecular weight is 431 g/mol. The number of carbonyl (C=O) groups excluding carboxylic acids is 1. The topological polar surface area (TPSA) is 109 Å². The van der Waals surface area contributed by atoms with Crippen LogP contribution in [0.4, 0.5) is 23.7 Å². The van der Waals surface area contributed by atoms with Crippen molar-refractivity contribution in [3.63, 3.8) is 0 Å². The number of rotatable bonds is 2. The van der Waals surface area contributed by atoms with Crippen molar-refractivity contribution in [2.45, 2.75) is 36.1 Å². The highest BCUT2D eigenvalue weighted by Crippen LogP contribution is 2.49. The van der Waals surface area contributed by atoms with E-state index >= 15 is 0 Å². The molecule has 5 atom stereocenters. The molecule has 0 aliphatic carbocycles. The summed E-state index contributed by atoms with van der Waals surface area (Å²) in [6, 6.07) is 3.76. The zero-order valence-corrected chi connectivity index (χ0v) is 15.8. The number of hydrogen-bond acceptors (Lipinski definition) is 6. The summed E-state index contributed by atoms with van der Waals surface area (Å²) in [5, 5.41) is 10.5. The van der Waals surface area contributed by atoms with Crippen LogP contribution in [0.2, 0.25) is 0 Å².